The van der Waals surface area contributed by atoms with Crippen LogP contribution in [0.5, 0.6) is 17.4 Å². The van der Waals surface area contributed by atoms with E-state index in [0.29, 0.717) is 23.5 Å². The third-order valence-electron chi connectivity index (χ3n) is 5.64. The Labute approximate surface area is 191 Å². The van der Waals surface area contributed by atoms with E-state index >= 15 is 0 Å². The number of aryl methyl sites for hydroxylation is 1. The molecule has 0 spiro atoms. The molecular weight excluding hydrogens is 412 g/mol. The highest BCUT2D eigenvalue weighted by atomic mass is 16.5. The van der Waals surface area contributed by atoms with Crippen LogP contribution < -0.4 is 14.9 Å². The molecule has 0 saturated carbocycles. The minimum atomic E-state index is -0.269. The van der Waals surface area contributed by atoms with Crippen molar-refractivity contribution in [2.75, 3.05) is 0 Å². The van der Waals surface area contributed by atoms with Crippen LogP contribution in [0.15, 0.2) is 108 Å². The van der Waals surface area contributed by atoms with E-state index in [9.17, 15) is 9.90 Å². The van der Waals surface area contributed by atoms with Gasteiger partial charge in [-0.2, -0.15) is 8.97 Å². The third kappa shape index (κ3) is 3.96. The summed E-state index contributed by atoms with van der Waals surface area (Å²) < 4.78 is 9.46. The number of rotatable bonds is 5. The Bertz CT molecular complexity index is 1490. The molecule has 3 aromatic carbocycles. The van der Waals surface area contributed by atoms with Crippen LogP contribution in [0, 0.1) is 6.92 Å². The molecule has 0 unspecified atom stereocenters. The van der Waals surface area contributed by atoms with E-state index in [0.717, 1.165) is 16.9 Å². The number of ether oxygens (including phenoxy) is 1. The van der Waals surface area contributed by atoms with Gasteiger partial charge in [-0.05, 0) is 36.8 Å². The number of fused-ring (bicyclic) bond motifs is 1. The van der Waals surface area contributed by atoms with Crippen LogP contribution in [0.1, 0.15) is 11.1 Å². The van der Waals surface area contributed by atoms with Gasteiger partial charge in [0, 0.05) is 11.6 Å². The lowest BCUT2D eigenvalue weighted by atomic mass is 10.1. The Hall–Kier alpha value is -4.38. The topological polar surface area (TPSA) is 54.8 Å². The van der Waals surface area contributed by atoms with Crippen LogP contribution in [0.4, 0.5) is 0 Å². The van der Waals surface area contributed by atoms with Crippen LogP contribution in [0.3, 0.4) is 0 Å². The smallest absolute Gasteiger partial charge is 0.354 e. The standard InChI is InChI=1S/C28H22N2O3/c1-20-14-16-23(17-15-20)33-24-12-6-5-11-22(24)19-30-25-13-7-8-18-29(25)27(31)26(28(30)32)21-9-3-2-4-10-21/h2-18H,19H2,1H3/p+1. The maximum Gasteiger partial charge on any atom is 0.354 e. The Morgan fingerprint density at radius 3 is 2.33 bits per heavy atom. The average molecular weight is 436 g/mol. The molecule has 5 aromatic rings. The van der Waals surface area contributed by atoms with E-state index in [1.165, 1.54) is 0 Å². The van der Waals surface area contributed by atoms with Gasteiger partial charge in [-0.3, -0.25) is 0 Å². The predicted octanol–water partition coefficient (Wildman–Crippen LogP) is 5.11. The van der Waals surface area contributed by atoms with Crippen LogP contribution in [0.25, 0.3) is 16.8 Å². The van der Waals surface area contributed by atoms with E-state index in [4.69, 9.17) is 4.74 Å². The number of hydrogen-bond acceptors (Lipinski definition) is 3. The first-order valence-corrected chi connectivity index (χ1v) is 10.8. The molecule has 0 amide bonds. The van der Waals surface area contributed by atoms with Crippen molar-refractivity contribution in [2.45, 2.75) is 13.5 Å². The number of pyridine rings is 1. The predicted molar refractivity (Wildman–Crippen MR) is 128 cm³/mol. The molecule has 0 fully saturated rings. The summed E-state index contributed by atoms with van der Waals surface area (Å²) in [7, 11) is 0. The number of benzene rings is 3. The molecule has 0 aliphatic carbocycles. The molecule has 0 saturated heterocycles. The summed E-state index contributed by atoms with van der Waals surface area (Å²) in [4.78, 5) is 13.3. The molecule has 2 heterocycles. The largest absolute Gasteiger partial charge is 0.477 e. The number of aromatic nitrogens is 2. The molecule has 0 aliphatic heterocycles. The summed E-state index contributed by atoms with van der Waals surface area (Å²) in [5, 5.41) is 11.3. The minimum Gasteiger partial charge on any atom is -0.477 e. The summed E-state index contributed by atoms with van der Waals surface area (Å²) in [6, 6.07) is 30.3. The van der Waals surface area contributed by atoms with Gasteiger partial charge < -0.3 is 9.84 Å². The number of nitrogens with zero attached hydrogens (tertiary/aromatic N) is 2. The molecule has 5 rings (SSSR count). The minimum absolute atomic E-state index is 0.0810. The molecule has 0 bridgehead atoms. The Kier molecular flexibility index (Phi) is 5.37. The monoisotopic (exact) mass is 435 g/mol. The molecule has 2 aromatic heterocycles. The first-order chi connectivity index (χ1) is 16.1. The summed E-state index contributed by atoms with van der Waals surface area (Å²) in [5.41, 5.74) is 3.28. The van der Waals surface area contributed by atoms with Gasteiger partial charge in [0.2, 0.25) is 0 Å². The molecule has 162 valence electrons. The normalized spacial score (nSPS) is 10.9. The maximum absolute atomic E-state index is 13.3. The molecule has 33 heavy (non-hydrogen) atoms. The van der Waals surface area contributed by atoms with Gasteiger partial charge in [0.05, 0.1) is 6.20 Å². The maximum atomic E-state index is 13.3. The molecule has 1 N–H and O–H groups in total. The average Bonchev–Trinajstić information content (AvgIpc) is 2.85. The van der Waals surface area contributed by atoms with Gasteiger partial charge in [-0.1, -0.05) is 72.3 Å². The van der Waals surface area contributed by atoms with Crippen LogP contribution >= 0.6 is 0 Å². The molecule has 0 aliphatic rings. The van der Waals surface area contributed by atoms with Crippen molar-refractivity contribution in [2.24, 2.45) is 0 Å². The zero-order valence-electron chi connectivity index (χ0n) is 18.2. The Balaban J connectivity index is 1.65. The summed E-state index contributed by atoms with van der Waals surface area (Å²) >= 11 is 0. The molecular formula is C28H23N2O3+. The molecule has 0 atom stereocenters. The highest BCUT2D eigenvalue weighted by Gasteiger charge is 2.25. The lowest BCUT2D eigenvalue weighted by Gasteiger charge is -2.13. The lowest BCUT2D eigenvalue weighted by Crippen LogP contribution is -2.41. The van der Waals surface area contributed by atoms with Crippen molar-refractivity contribution < 1.29 is 14.4 Å². The first-order valence-electron chi connectivity index (χ1n) is 10.8. The third-order valence-corrected chi connectivity index (χ3v) is 5.64. The first kappa shape index (κ1) is 20.5. The fourth-order valence-corrected chi connectivity index (χ4v) is 3.94. The van der Waals surface area contributed by atoms with Crippen LogP contribution in [-0.2, 0) is 6.54 Å². The second-order valence-corrected chi connectivity index (χ2v) is 7.91. The molecule has 0 radical (unpaired) electrons. The molecule has 5 nitrogen and oxygen atoms in total. The summed E-state index contributed by atoms with van der Waals surface area (Å²) in [6.45, 7) is 2.35. The van der Waals surface area contributed by atoms with Crippen LogP contribution in [-0.4, -0.2) is 9.51 Å². The molecule has 5 heteroatoms. The fourth-order valence-electron chi connectivity index (χ4n) is 3.94. The fraction of sp³-hybridized carbons (Fsp3) is 0.0714. The highest BCUT2D eigenvalue weighted by molar-refractivity contribution is 5.67. The van der Waals surface area contributed by atoms with Gasteiger partial charge in [0.15, 0.2) is 5.56 Å². The lowest BCUT2D eigenvalue weighted by molar-refractivity contribution is -0.671. The zero-order valence-corrected chi connectivity index (χ0v) is 18.2. The van der Waals surface area contributed by atoms with Crippen molar-refractivity contribution in [3.63, 3.8) is 0 Å². The van der Waals surface area contributed by atoms with Gasteiger partial charge in [0.1, 0.15) is 18.0 Å². The number of para-hydroxylation sites is 1. The van der Waals surface area contributed by atoms with E-state index < -0.39 is 0 Å². The van der Waals surface area contributed by atoms with Crippen molar-refractivity contribution in [3.05, 3.63) is 125 Å². The Morgan fingerprint density at radius 1 is 0.848 bits per heavy atom. The van der Waals surface area contributed by atoms with Crippen molar-refractivity contribution in [3.8, 4) is 28.5 Å². The number of hydrogen-bond donors (Lipinski definition) is 1. The van der Waals surface area contributed by atoms with Crippen LogP contribution in [0.2, 0.25) is 0 Å². The second-order valence-electron chi connectivity index (χ2n) is 7.91. The summed E-state index contributed by atoms with van der Waals surface area (Å²) in [5.74, 6) is 1.35. The van der Waals surface area contributed by atoms with Gasteiger partial charge in [-0.25, -0.2) is 4.79 Å². The number of aromatic hydroxyl groups is 1. The van der Waals surface area contributed by atoms with Gasteiger partial charge in [0.25, 0.3) is 11.5 Å². The quantitative estimate of drug-likeness (QED) is 0.391. The van der Waals surface area contributed by atoms with E-state index in [-0.39, 0.29) is 17.0 Å². The van der Waals surface area contributed by atoms with E-state index in [2.05, 4.69) is 0 Å². The van der Waals surface area contributed by atoms with Crippen molar-refractivity contribution >= 4 is 5.65 Å². The van der Waals surface area contributed by atoms with Gasteiger partial charge in [-0.15, -0.1) is 0 Å². The van der Waals surface area contributed by atoms with Crippen molar-refractivity contribution in [1.29, 1.82) is 0 Å². The van der Waals surface area contributed by atoms with E-state index in [1.54, 1.807) is 21.2 Å². The Morgan fingerprint density at radius 2 is 1.55 bits per heavy atom. The van der Waals surface area contributed by atoms with Gasteiger partial charge >= 0.3 is 5.56 Å². The zero-order chi connectivity index (χ0) is 22.8. The second kappa shape index (κ2) is 8.63. The highest BCUT2D eigenvalue weighted by Crippen LogP contribution is 2.27. The van der Waals surface area contributed by atoms with E-state index in [1.807, 2.05) is 97.9 Å². The SMILES string of the molecule is Cc1ccc(Oc2ccccc2C[n+]2c(O)c(-c3ccccc3)c(=O)n3ccccc32)cc1. The van der Waals surface area contributed by atoms with Crippen molar-refractivity contribution in [1.82, 2.24) is 4.40 Å². The summed E-state index contributed by atoms with van der Waals surface area (Å²) in [6.07, 6.45) is 1.72.